The van der Waals surface area contributed by atoms with Crippen LogP contribution in [0.4, 0.5) is 11.4 Å². The van der Waals surface area contributed by atoms with Crippen LogP contribution in [0.15, 0.2) is 24.3 Å². The Bertz CT molecular complexity index is 612. The van der Waals surface area contributed by atoms with Crippen LogP contribution in [0.3, 0.4) is 0 Å². The topological polar surface area (TPSA) is 6.48 Å². The van der Waals surface area contributed by atoms with E-state index in [1.54, 1.807) is 0 Å². The molecule has 1 aromatic carbocycles. The largest absolute Gasteiger partial charge is 0.393 e. The Hall–Kier alpha value is 0.368. The number of benzene rings is 1. The molecule has 1 heterocycles. The quantitative estimate of drug-likeness (QED) is 0.267. The molecule has 0 saturated heterocycles. The first kappa shape index (κ1) is 32.4. The van der Waals surface area contributed by atoms with Crippen LogP contribution in [0.25, 0.3) is 0 Å². The maximum absolute atomic E-state index is 3.00. The zero-order chi connectivity index (χ0) is 24.4. The standard InChI is InChI=1S/C24H44BN2P2.C2H4.Rh/c1-21(2,3)28(22(4,5)6)17-26-19-15-13-14-16-20(19)27(25-26)18-29(23(7,8)9)24(10,11)12;1-2;/h13-16H,17-18H2,1-12H3;1-2H2;. The monoisotopic (exact) mass is 564 g/mol. The molecule has 0 saturated carbocycles. The first-order valence-corrected chi connectivity index (χ1v) is 14.5. The van der Waals surface area contributed by atoms with Crippen molar-refractivity contribution in [2.45, 2.75) is 104 Å². The van der Waals surface area contributed by atoms with Crippen LogP contribution < -0.4 is 9.62 Å². The first-order valence-electron chi connectivity index (χ1n) is 11.5. The summed E-state index contributed by atoms with van der Waals surface area (Å²) in [5.74, 6) is 0. The number of para-hydroxylation sites is 2. The summed E-state index contributed by atoms with van der Waals surface area (Å²) in [4.78, 5) is 5.10. The second-order valence-electron chi connectivity index (χ2n) is 12.4. The van der Waals surface area contributed by atoms with E-state index in [1.807, 2.05) is 0 Å². The molecule has 0 bridgehead atoms. The number of hydrogen-bond acceptors (Lipinski definition) is 2. The van der Waals surface area contributed by atoms with E-state index in [9.17, 15) is 0 Å². The minimum absolute atomic E-state index is 0. The molecule has 0 unspecified atom stereocenters. The van der Waals surface area contributed by atoms with Gasteiger partial charge in [-0.3, -0.25) is 0 Å². The van der Waals surface area contributed by atoms with Gasteiger partial charge in [-0.15, -0.1) is 0 Å². The van der Waals surface area contributed by atoms with Gasteiger partial charge in [0.15, 0.2) is 0 Å². The average molecular weight is 564 g/mol. The van der Waals surface area contributed by atoms with Crippen LogP contribution in [-0.2, 0) is 19.5 Å². The fourth-order valence-electron chi connectivity index (χ4n) is 4.63. The summed E-state index contributed by atoms with van der Waals surface area (Å²) in [5.41, 5.74) is 2.76. The van der Waals surface area contributed by atoms with E-state index >= 15 is 0 Å². The molecule has 0 aromatic heterocycles. The molecule has 0 amide bonds. The molecule has 4 radical (unpaired) electrons. The van der Waals surface area contributed by atoms with Crippen molar-refractivity contribution in [2.24, 2.45) is 0 Å². The first-order chi connectivity index (χ1) is 13.9. The van der Waals surface area contributed by atoms with Crippen molar-refractivity contribution in [3.63, 3.8) is 0 Å². The van der Waals surface area contributed by atoms with Crippen molar-refractivity contribution in [1.29, 1.82) is 0 Å². The smallest absolute Gasteiger partial charge is 0.392 e. The molecular formula is C26H48BN2P2Rh. The predicted molar refractivity (Wildman–Crippen MR) is 150 cm³/mol. The van der Waals surface area contributed by atoms with Gasteiger partial charge in [0.05, 0.1) is 0 Å². The van der Waals surface area contributed by atoms with Crippen molar-refractivity contribution in [3.05, 3.63) is 38.1 Å². The van der Waals surface area contributed by atoms with Gasteiger partial charge in [0.25, 0.3) is 0 Å². The molecule has 1 aliphatic heterocycles. The normalized spacial score (nSPS) is 14.6. The minimum atomic E-state index is -0.189. The summed E-state index contributed by atoms with van der Waals surface area (Å²) in [7, 11) is 2.04. The maximum atomic E-state index is 3.00. The fraction of sp³-hybridized carbons (Fsp3) is 0.692. The molecule has 184 valence electrons. The van der Waals surface area contributed by atoms with Crippen molar-refractivity contribution >= 4 is 34.8 Å². The number of hydrogen-bond donors (Lipinski definition) is 0. The van der Waals surface area contributed by atoms with Gasteiger partial charge >= 0.3 is 7.55 Å². The predicted octanol–water partition coefficient (Wildman–Crippen LogP) is 8.57. The molecule has 1 aliphatic rings. The van der Waals surface area contributed by atoms with Crippen molar-refractivity contribution in [2.75, 3.05) is 22.2 Å². The molecule has 0 aliphatic carbocycles. The second kappa shape index (κ2) is 11.9. The summed E-state index contributed by atoms with van der Waals surface area (Å²) in [6.07, 6.45) is 2.25. The van der Waals surface area contributed by atoms with Crippen LogP contribution in [0.1, 0.15) is 83.1 Å². The van der Waals surface area contributed by atoms with E-state index in [1.165, 1.54) is 11.4 Å². The zero-order valence-corrected chi connectivity index (χ0v) is 26.3. The number of nitrogens with zero attached hydrogens (tertiary/aromatic N) is 2. The Morgan fingerprint density at radius 1 is 0.625 bits per heavy atom. The zero-order valence-electron chi connectivity index (χ0n) is 22.8. The van der Waals surface area contributed by atoms with Crippen molar-refractivity contribution < 1.29 is 19.5 Å². The van der Waals surface area contributed by atoms with Crippen LogP contribution in [0, 0.1) is 13.8 Å². The van der Waals surface area contributed by atoms with Crippen LogP contribution >= 0.6 is 15.8 Å². The third kappa shape index (κ3) is 8.54. The molecule has 1 aromatic rings. The van der Waals surface area contributed by atoms with Gasteiger partial charge in [0.1, 0.15) is 0 Å². The SMILES string of the molecule is CC(C)(C)P(CN1[B]N(CP(C(C)(C)C)C(C)(C)C)c2ccccc21)C(C)(C)C.[CH2][CH2].[Rh]. The van der Waals surface area contributed by atoms with Gasteiger partial charge in [0.2, 0.25) is 0 Å². The summed E-state index contributed by atoms with van der Waals surface area (Å²) in [6.45, 7) is 35.0. The van der Waals surface area contributed by atoms with E-state index in [0.29, 0.717) is 20.6 Å². The number of fused-ring (bicyclic) bond motifs is 1. The number of rotatable bonds is 4. The molecular weight excluding hydrogens is 516 g/mol. The molecule has 6 heteroatoms. The Balaban J connectivity index is 0.00000311. The molecule has 0 N–H and O–H groups in total. The molecule has 0 fully saturated rings. The Morgan fingerprint density at radius 2 is 0.875 bits per heavy atom. The summed E-state index contributed by atoms with van der Waals surface area (Å²) in [5, 5.41) is 1.31. The van der Waals surface area contributed by atoms with Crippen LogP contribution in [-0.4, -0.2) is 40.7 Å². The van der Waals surface area contributed by atoms with E-state index in [4.69, 9.17) is 0 Å². The Labute approximate surface area is 217 Å². The van der Waals surface area contributed by atoms with Gasteiger partial charge < -0.3 is 9.62 Å². The van der Waals surface area contributed by atoms with Gasteiger partial charge in [-0.25, -0.2) is 0 Å². The molecule has 0 atom stereocenters. The van der Waals surface area contributed by atoms with Gasteiger partial charge in [0, 0.05) is 43.4 Å². The van der Waals surface area contributed by atoms with Gasteiger partial charge in [-0.2, -0.15) is 0 Å². The Morgan fingerprint density at radius 3 is 1.09 bits per heavy atom. The summed E-state index contributed by atoms with van der Waals surface area (Å²) >= 11 is 0. The number of anilines is 2. The van der Waals surface area contributed by atoms with E-state index in [0.717, 1.165) is 12.6 Å². The fourth-order valence-corrected chi connectivity index (χ4v) is 11.4. The van der Waals surface area contributed by atoms with E-state index in [2.05, 4.69) is 138 Å². The van der Waals surface area contributed by atoms with Gasteiger partial charge in [-0.05, 0) is 32.8 Å². The average Bonchev–Trinajstić information content (AvgIpc) is 2.93. The van der Waals surface area contributed by atoms with Crippen molar-refractivity contribution in [3.8, 4) is 0 Å². The van der Waals surface area contributed by atoms with Crippen LogP contribution in [0.2, 0.25) is 0 Å². The molecule has 32 heavy (non-hydrogen) atoms. The maximum Gasteiger partial charge on any atom is 0.392 e. The van der Waals surface area contributed by atoms with E-state index < -0.39 is 0 Å². The Kier molecular flexibility index (Phi) is 12.0. The minimum Gasteiger partial charge on any atom is -0.393 e. The summed E-state index contributed by atoms with van der Waals surface area (Å²) in [6, 6.07) is 8.99. The molecule has 0 spiro atoms. The van der Waals surface area contributed by atoms with Gasteiger partial charge in [-0.1, -0.05) is 125 Å². The summed E-state index contributed by atoms with van der Waals surface area (Å²) < 4.78 is 0. The molecule has 2 nitrogen and oxygen atoms in total. The van der Waals surface area contributed by atoms with Crippen LogP contribution in [0.5, 0.6) is 0 Å². The third-order valence-corrected chi connectivity index (χ3v) is 13.3. The van der Waals surface area contributed by atoms with Crippen molar-refractivity contribution in [1.82, 2.24) is 0 Å². The third-order valence-electron chi connectivity index (χ3n) is 5.61. The van der Waals surface area contributed by atoms with E-state index in [-0.39, 0.29) is 35.3 Å². The molecule has 2 rings (SSSR count). The second-order valence-corrected chi connectivity index (χ2v) is 20.0.